The van der Waals surface area contributed by atoms with E-state index >= 15 is 0 Å². The molecule has 10 heteroatoms. The molecule has 1 saturated heterocycles. The number of piperidine rings is 1. The zero-order chi connectivity index (χ0) is 23.4. The number of aromatic nitrogens is 2. The predicted molar refractivity (Wildman–Crippen MR) is 129 cm³/mol. The van der Waals surface area contributed by atoms with E-state index in [2.05, 4.69) is 45.8 Å². The van der Waals surface area contributed by atoms with Crippen LogP contribution in [0.1, 0.15) is 40.2 Å². The van der Waals surface area contributed by atoms with Crippen LogP contribution >= 0.6 is 23.1 Å². The van der Waals surface area contributed by atoms with Gasteiger partial charge in [0.25, 0.3) is 11.6 Å². The Kier molecular flexibility index (Phi) is 7.20. The summed E-state index contributed by atoms with van der Waals surface area (Å²) in [4.78, 5) is 29.7. The first-order valence-electron chi connectivity index (χ1n) is 10.7. The largest absolute Gasteiger partial charge is 0.352 e. The minimum atomic E-state index is -0.537. The molecule has 0 bridgehead atoms. The van der Waals surface area contributed by atoms with Crippen LogP contribution in [0.25, 0.3) is 0 Å². The van der Waals surface area contributed by atoms with E-state index in [0.717, 1.165) is 43.3 Å². The molecule has 1 amide bonds. The smallest absolute Gasteiger partial charge is 0.270 e. The Morgan fingerprint density at radius 3 is 2.64 bits per heavy atom. The number of amides is 1. The van der Waals surface area contributed by atoms with Gasteiger partial charge in [-0.05, 0) is 37.3 Å². The molecule has 2 heterocycles. The summed E-state index contributed by atoms with van der Waals surface area (Å²) in [7, 11) is 0. The Bertz CT molecular complexity index is 1140. The third-order valence-corrected chi connectivity index (χ3v) is 6.91. The fourth-order valence-corrected chi connectivity index (χ4v) is 4.79. The van der Waals surface area contributed by atoms with Gasteiger partial charge in [-0.15, -0.1) is 0 Å². The van der Waals surface area contributed by atoms with Crippen molar-refractivity contribution in [1.29, 1.82) is 0 Å². The van der Waals surface area contributed by atoms with Crippen LogP contribution in [0.4, 0.5) is 10.8 Å². The second kappa shape index (κ2) is 10.3. The maximum absolute atomic E-state index is 12.5. The number of hydrogen-bond acceptors (Lipinski definition) is 7. The molecule has 8 nitrogen and oxygen atoms in total. The second-order valence-corrected chi connectivity index (χ2v) is 9.35. The number of benzene rings is 2. The lowest BCUT2D eigenvalue weighted by Gasteiger charge is -2.31. The summed E-state index contributed by atoms with van der Waals surface area (Å²) in [5, 5.41) is 14.8. The molecule has 2 aromatic carbocycles. The highest BCUT2D eigenvalue weighted by molar-refractivity contribution is 7.09. The number of nitro groups is 1. The number of hydrogen-bond donors (Lipinski definition) is 1. The summed E-state index contributed by atoms with van der Waals surface area (Å²) in [5.41, 5.74) is 2.55. The lowest BCUT2D eigenvalue weighted by molar-refractivity contribution is -0.384. The van der Waals surface area contributed by atoms with Gasteiger partial charge >= 0.3 is 0 Å². The van der Waals surface area contributed by atoms with E-state index in [1.807, 2.05) is 0 Å². The number of rotatable bonds is 7. The Labute approximate surface area is 200 Å². The zero-order valence-electron chi connectivity index (χ0n) is 18.2. The third-order valence-electron chi connectivity index (χ3n) is 5.78. The molecule has 0 saturated carbocycles. The first-order valence-corrected chi connectivity index (χ1v) is 11.9. The molecule has 0 spiro atoms. The number of carbonyl (C=O) groups excluding carboxylic acids is 1. The molecule has 1 aliphatic heterocycles. The van der Waals surface area contributed by atoms with Gasteiger partial charge in [-0.25, -0.2) is 4.98 Å². The van der Waals surface area contributed by atoms with Crippen LogP contribution in [-0.2, 0) is 6.42 Å². The van der Waals surface area contributed by atoms with Gasteiger partial charge in [0, 0.05) is 49.7 Å². The van der Waals surface area contributed by atoms with Crippen LogP contribution < -0.4 is 10.2 Å². The molecule has 1 fully saturated rings. The van der Waals surface area contributed by atoms with Gasteiger partial charge in [0.1, 0.15) is 5.82 Å². The van der Waals surface area contributed by atoms with Crippen LogP contribution in [0, 0.1) is 23.0 Å². The van der Waals surface area contributed by atoms with E-state index in [9.17, 15) is 14.9 Å². The predicted octanol–water partition coefficient (Wildman–Crippen LogP) is 4.65. The monoisotopic (exact) mass is 485 g/mol. The summed E-state index contributed by atoms with van der Waals surface area (Å²) in [5.74, 6) is 0.873. The van der Waals surface area contributed by atoms with Crippen molar-refractivity contribution in [3.63, 3.8) is 0 Å². The number of non-ortho nitro benzene ring substituents is 1. The van der Waals surface area contributed by atoms with Crippen molar-refractivity contribution in [2.24, 2.45) is 5.92 Å². The van der Waals surface area contributed by atoms with Crippen molar-refractivity contribution < 1.29 is 9.72 Å². The Morgan fingerprint density at radius 1 is 1.24 bits per heavy atom. The summed E-state index contributed by atoms with van der Waals surface area (Å²) in [6.07, 6.45) is 2.59. The number of nitrogens with one attached hydrogen (secondary N) is 1. The van der Waals surface area contributed by atoms with Crippen LogP contribution in [0.3, 0.4) is 0 Å². The highest BCUT2D eigenvalue weighted by Gasteiger charge is 2.23. The fourth-order valence-electron chi connectivity index (χ4n) is 3.80. The maximum Gasteiger partial charge on any atom is 0.270 e. The van der Waals surface area contributed by atoms with Gasteiger partial charge < -0.3 is 10.2 Å². The van der Waals surface area contributed by atoms with Crippen LogP contribution in [0.15, 0.2) is 42.5 Å². The van der Waals surface area contributed by atoms with E-state index in [4.69, 9.17) is 16.6 Å². The molecule has 1 aromatic heterocycles. The summed E-state index contributed by atoms with van der Waals surface area (Å²) in [6.45, 7) is 4.33. The first kappa shape index (κ1) is 23.1. The van der Waals surface area contributed by atoms with Crippen molar-refractivity contribution in [1.82, 2.24) is 14.7 Å². The van der Waals surface area contributed by atoms with Crippen molar-refractivity contribution in [2.75, 3.05) is 24.5 Å². The first-order chi connectivity index (χ1) is 15.9. The van der Waals surface area contributed by atoms with Crippen molar-refractivity contribution in [3.05, 3.63) is 80.1 Å². The van der Waals surface area contributed by atoms with Gasteiger partial charge in [-0.3, -0.25) is 14.9 Å². The van der Waals surface area contributed by atoms with E-state index in [-0.39, 0.29) is 22.2 Å². The molecule has 0 aliphatic carbocycles. The van der Waals surface area contributed by atoms with E-state index in [1.54, 1.807) is 0 Å². The summed E-state index contributed by atoms with van der Waals surface area (Å²) < 4.78 is 4.52. The maximum atomic E-state index is 12.5. The number of halogens is 1. The quantitative estimate of drug-likeness (QED) is 0.386. The summed E-state index contributed by atoms with van der Waals surface area (Å²) >= 11 is 7.49. The molecule has 0 radical (unpaired) electrons. The van der Waals surface area contributed by atoms with E-state index in [1.165, 1.54) is 40.9 Å². The third kappa shape index (κ3) is 5.85. The zero-order valence-corrected chi connectivity index (χ0v) is 19.7. The highest BCUT2D eigenvalue weighted by atomic mass is 35.5. The SMILES string of the molecule is Cc1ccc(Cc2nsc(N3CCC(CNC(=O)c4ccc([N+](=O)[O-])cc4Cl)CC3)n2)cc1. The number of anilines is 1. The Balaban J connectivity index is 1.25. The number of carbonyl (C=O) groups is 1. The molecular formula is C23H24ClN5O3S. The molecule has 33 heavy (non-hydrogen) atoms. The lowest BCUT2D eigenvalue weighted by atomic mass is 9.97. The van der Waals surface area contributed by atoms with Gasteiger partial charge in [0.2, 0.25) is 5.13 Å². The van der Waals surface area contributed by atoms with Gasteiger partial charge in [-0.2, -0.15) is 4.37 Å². The number of nitrogens with zero attached hydrogens (tertiary/aromatic N) is 4. The second-order valence-electron chi connectivity index (χ2n) is 8.22. The van der Waals surface area contributed by atoms with Crippen LogP contribution in [-0.4, -0.2) is 39.8 Å². The number of nitro benzene ring substituents is 1. The minimum absolute atomic E-state index is 0.0780. The van der Waals surface area contributed by atoms with Crippen molar-refractivity contribution >= 4 is 39.9 Å². The van der Waals surface area contributed by atoms with E-state index in [0.29, 0.717) is 12.5 Å². The van der Waals surface area contributed by atoms with Gasteiger partial charge in [0.05, 0.1) is 15.5 Å². The molecule has 0 unspecified atom stereocenters. The topological polar surface area (TPSA) is 101 Å². The molecule has 0 atom stereocenters. The molecule has 1 aliphatic rings. The normalized spacial score (nSPS) is 14.3. The lowest BCUT2D eigenvalue weighted by Crippen LogP contribution is -2.38. The molecule has 172 valence electrons. The van der Waals surface area contributed by atoms with Crippen molar-refractivity contribution in [3.8, 4) is 0 Å². The number of aryl methyl sites for hydroxylation is 1. The molecular weight excluding hydrogens is 462 g/mol. The van der Waals surface area contributed by atoms with Gasteiger partial charge in [-0.1, -0.05) is 41.4 Å². The van der Waals surface area contributed by atoms with Crippen LogP contribution in [0.2, 0.25) is 5.02 Å². The summed E-state index contributed by atoms with van der Waals surface area (Å²) in [6, 6.07) is 12.3. The molecule has 1 N–H and O–H groups in total. The minimum Gasteiger partial charge on any atom is -0.352 e. The highest BCUT2D eigenvalue weighted by Crippen LogP contribution is 2.26. The van der Waals surface area contributed by atoms with Crippen LogP contribution in [0.5, 0.6) is 0 Å². The Hall–Kier alpha value is -3.04. The standard InChI is InChI=1S/C23H24ClN5O3S/c1-15-2-4-16(5-3-15)12-21-26-23(33-27-21)28-10-8-17(9-11-28)14-25-22(30)19-7-6-18(29(31)32)13-20(19)24/h2-7,13,17H,8-12,14H2,1H3,(H,25,30). The van der Waals surface area contributed by atoms with Crippen molar-refractivity contribution in [2.45, 2.75) is 26.2 Å². The fraction of sp³-hybridized carbons (Fsp3) is 0.348. The van der Waals surface area contributed by atoms with Gasteiger partial charge in [0.15, 0.2) is 0 Å². The average Bonchev–Trinajstić information content (AvgIpc) is 3.27. The molecule has 3 aromatic rings. The molecule has 4 rings (SSSR count). The average molecular weight is 486 g/mol. The van der Waals surface area contributed by atoms with E-state index < -0.39 is 4.92 Å². The Morgan fingerprint density at radius 2 is 1.97 bits per heavy atom.